The van der Waals surface area contributed by atoms with Crippen molar-refractivity contribution < 1.29 is 4.92 Å². The molecule has 1 aromatic carbocycles. The molecule has 0 atom stereocenters. The number of rotatable bonds is 5. The Hall–Kier alpha value is -3.28. The first kappa shape index (κ1) is 15.6. The third-order valence-electron chi connectivity index (χ3n) is 3.66. The monoisotopic (exact) mass is 320 g/mol. The molecule has 0 bridgehead atoms. The van der Waals surface area contributed by atoms with Crippen LogP contribution >= 0.6 is 0 Å². The molecule has 120 valence electrons. The number of benzene rings is 1. The van der Waals surface area contributed by atoms with Crippen molar-refractivity contribution >= 4 is 11.5 Å². The molecule has 0 saturated heterocycles. The fourth-order valence-corrected chi connectivity index (χ4v) is 2.45. The van der Waals surface area contributed by atoms with E-state index in [1.165, 1.54) is 6.07 Å². The summed E-state index contributed by atoms with van der Waals surface area (Å²) in [6.07, 6.45) is 3.48. The number of pyridine rings is 2. The van der Waals surface area contributed by atoms with Gasteiger partial charge >= 0.3 is 0 Å². The average Bonchev–Trinajstić information content (AvgIpc) is 2.62. The molecule has 24 heavy (non-hydrogen) atoms. The highest BCUT2D eigenvalue weighted by Crippen LogP contribution is 2.30. The molecule has 0 spiro atoms. The number of anilines is 1. The standard InChI is InChI=1S/C18H16N4O2/c1-21(13-14-9-11-19-12-10-14)17-8-7-16(22(23)24)18(20-17)15-5-3-2-4-6-15/h2-12H,13H2,1H3. The molecule has 0 aliphatic rings. The first-order valence-corrected chi connectivity index (χ1v) is 7.46. The lowest BCUT2D eigenvalue weighted by Gasteiger charge is -2.19. The SMILES string of the molecule is CN(Cc1ccncc1)c1ccc([N+](=O)[O-])c(-c2ccccc2)n1. The number of hydrogen-bond donors (Lipinski definition) is 0. The van der Waals surface area contributed by atoms with Gasteiger partial charge in [-0.25, -0.2) is 4.98 Å². The van der Waals surface area contributed by atoms with Gasteiger partial charge in [0.25, 0.3) is 5.69 Å². The van der Waals surface area contributed by atoms with Crippen molar-refractivity contribution in [3.63, 3.8) is 0 Å². The summed E-state index contributed by atoms with van der Waals surface area (Å²) in [5.74, 6) is 0.677. The highest BCUT2D eigenvalue weighted by atomic mass is 16.6. The van der Waals surface area contributed by atoms with Crippen molar-refractivity contribution in [2.45, 2.75) is 6.54 Å². The second-order valence-electron chi connectivity index (χ2n) is 5.37. The van der Waals surface area contributed by atoms with Crippen molar-refractivity contribution in [1.82, 2.24) is 9.97 Å². The van der Waals surface area contributed by atoms with Crippen LogP contribution in [0.15, 0.2) is 67.0 Å². The molecule has 0 amide bonds. The average molecular weight is 320 g/mol. The molecule has 0 N–H and O–H groups in total. The molecule has 0 radical (unpaired) electrons. The van der Waals surface area contributed by atoms with Crippen molar-refractivity contribution in [3.8, 4) is 11.3 Å². The van der Waals surface area contributed by atoms with Crippen LogP contribution in [0.5, 0.6) is 0 Å². The predicted octanol–water partition coefficient (Wildman–Crippen LogP) is 3.69. The molecule has 0 aliphatic carbocycles. The molecule has 3 aromatic rings. The zero-order valence-corrected chi connectivity index (χ0v) is 13.2. The maximum atomic E-state index is 11.3. The van der Waals surface area contributed by atoms with Gasteiger partial charge in [0.2, 0.25) is 0 Å². The highest BCUT2D eigenvalue weighted by Gasteiger charge is 2.18. The van der Waals surface area contributed by atoms with E-state index in [1.54, 1.807) is 18.5 Å². The van der Waals surface area contributed by atoms with Gasteiger partial charge in [0.05, 0.1) is 4.92 Å². The van der Waals surface area contributed by atoms with E-state index in [0.29, 0.717) is 18.1 Å². The Morgan fingerprint density at radius 2 is 1.75 bits per heavy atom. The van der Waals surface area contributed by atoms with Gasteiger partial charge in [0.15, 0.2) is 5.69 Å². The maximum Gasteiger partial charge on any atom is 0.295 e. The number of hydrogen-bond acceptors (Lipinski definition) is 5. The van der Waals surface area contributed by atoms with Crippen molar-refractivity contribution in [1.29, 1.82) is 0 Å². The number of aromatic nitrogens is 2. The fourth-order valence-electron chi connectivity index (χ4n) is 2.45. The molecule has 0 saturated carbocycles. The van der Waals surface area contributed by atoms with Gasteiger partial charge in [-0.3, -0.25) is 15.1 Å². The Bertz CT molecular complexity index is 838. The highest BCUT2D eigenvalue weighted by molar-refractivity contribution is 5.71. The van der Waals surface area contributed by atoms with E-state index in [1.807, 2.05) is 54.4 Å². The minimum Gasteiger partial charge on any atom is -0.355 e. The molecule has 0 aliphatic heterocycles. The molecule has 3 rings (SSSR count). The zero-order chi connectivity index (χ0) is 16.9. The Kier molecular flexibility index (Phi) is 4.47. The number of nitro groups is 1. The second-order valence-corrected chi connectivity index (χ2v) is 5.37. The number of nitrogens with zero attached hydrogens (tertiary/aromatic N) is 4. The molecule has 6 heteroatoms. The lowest BCUT2D eigenvalue weighted by Crippen LogP contribution is -2.18. The molecule has 2 aromatic heterocycles. The van der Waals surface area contributed by atoms with Crippen LogP contribution in [0.4, 0.5) is 11.5 Å². The van der Waals surface area contributed by atoms with E-state index in [-0.39, 0.29) is 5.69 Å². The van der Waals surface area contributed by atoms with E-state index in [2.05, 4.69) is 9.97 Å². The van der Waals surface area contributed by atoms with Gasteiger partial charge in [-0.15, -0.1) is 0 Å². The summed E-state index contributed by atoms with van der Waals surface area (Å²) in [5, 5.41) is 11.3. The quantitative estimate of drug-likeness (QED) is 0.529. The van der Waals surface area contributed by atoms with Gasteiger partial charge in [-0.1, -0.05) is 30.3 Å². The third kappa shape index (κ3) is 3.38. The van der Waals surface area contributed by atoms with E-state index < -0.39 is 4.92 Å². The summed E-state index contributed by atoms with van der Waals surface area (Å²) < 4.78 is 0. The first-order valence-electron chi connectivity index (χ1n) is 7.46. The maximum absolute atomic E-state index is 11.3. The van der Waals surface area contributed by atoms with Crippen LogP contribution in [0, 0.1) is 10.1 Å². The topological polar surface area (TPSA) is 72.2 Å². The van der Waals surface area contributed by atoms with E-state index in [0.717, 1.165) is 11.1 Å². The van der Waals surface area contributed by atoms with Gasteiger partial charge in [-0.05, 0) is 23.8 Å². The fraction of sp³-hybridized carbons (Fsp3) is 0.111. The van der Waals surface area contributed by atoms with Gasteiger partial charge in [0.1, 0.15) is 5.82 Å². The summed E-state index contributed by atoms with van der Waals surface area (Å²) in [6, 6.07) is 16.2. The summed E-state index contributed by atoms with van der Waals surface area (Å²) in [6.45, 7) is 0.640. The summed E-state index contributed by atoms with van der Waals surface area (Å²) in [4.78, 5) is 21.4. The van der Waals surface area contributed by atoms with E-state index in [4.69, 9.17) is 0 Å². The second kappa shape index (κ2) is 6.87. The van der Waals surface area contributed by atoms with Gasteiger partial charge < -0.3 is 4.90 Å². The van der Waals surface area contributed by atoms with Crippen LogP contribution in [0.2, 0.25) is 0 Å². The lowest BCUT2D eigenvalue weighted by molar-refractivity contribution is -0.384. The third-order valence-corrected chi connectivity index (χ3v) is 3.66. The Labute approximate surface area is 139 Å². The van der Waals surface area contributed by atoms with Crippen LogP contribution in [-0.4, -0.2) is 21.9 Å². The summed E-state index contributed by atoms with van der Waals surface area (Å²) >= 11 is 0. The molecular formula is C18H16N4O2. The normalized spacial score (nSPS) is 10.4. The predicted molar refractivity (Wildman–Crippen MR) is 92.7 cm³/mol. The van der Waals surface area contributed by atoms with Crippen LogP contribution in [-0.2, 0) is 6.54 Å². The molecule has 0 fully saturated rings. The van der Waals surface area contributed by atoms with E-state index >= 15 is 0 Å². The zero-order valence-electron chi connectivity index (χ0n) is 13.2. The Morgan fingerprint density at radius 3 is 2.42 bits per heavy atom. The Balaban J connectivity index is 1.96. The van der Waals surface area contributed by atoms with E-state index in [9.17, 15) is 10.1 Å². The largest absolute Gasteiger partial charge is 0.355 e. The van der Waals surface area contributed by atoms with Crippen molar-refractivity contribution in [2.75, 3.05) is 11.9 Å². The molecule has 6 nitrogen and oxygen atoms in total. The lowest BCUT2D eigenvalue weighted by atomic mass is 10.1. The van der Waals surface area contributed by atoms with Gasteiger partial charge in [-0.2, -0.15) is 0 Å². The smallest absolute Gasteiger partial charge is 0.295 e. The Morgan fingerprint density at radius 1 is 1.04 bits per heavy atom. The minimum atomic E-state index is -0.401. The molecule has 2 heterocycles. The van der Waals surface area contributed by atoms with Crippen molar-refractivity contribution in [2.24, 2.45) is 0 Å². The molecule has 0 unspecified atom stereocenters. The van der Waals surface area contributed by atoms with Crippen LogP contribution in [0.3, 0.4) is 0 Å². The minimum absolute atomic E-state index is 0.00209. The summed E-state index contributed by atoms with van der Waals surface area (Å²) in [5.41, 5.74) is 2.19. The van der Waals surface area contributed by atoms with Crippen LogP contribution < -0.4 is 4.90 Å². The molecular weight excluding hydrogens is 304 g/mol. The van der Waals surface area contributed by atoms with Crippen molar-refractivity contribution in [3.05, 3.63) is 82.7 Å². The first-order chi connectivity index (χ1) is 11.6. The van der Waals surface area contributed by atoms with Gasteiger partial charge in [0, 0.05) is 37.6 Å². The van der Waals surface area contributed by atoms with Crippen LogP contribution in [0.25, 0.3) is 11.3 Å². The summed E-state index contributed by atoms with van der Waals surface area (Å²) in [7, 11) is 1.91. The van der Waals surface area contributed by atoms with Crippen LogP contribution in [0.1, 0.15) is 5.56 Å².